The standard InChI is InChI=1S/C20H15.2CH3.Hf/c1-2-6-15(7-3-1)14-18-13-12-17-11-10-16-8-4-5-9-19(16)20(17)18;;;/h1-13H,14H2;2*1H3;/q3*-1;. The van der Waals surface area contributed by atoms with Crippen LogP contribution in [-0.2, 0) is 32.3 Å². The van der Waals surface area contributed by atoms with Crippen molar-refractivity contribution >= 4 is 21.5 Å². The first-order valence-electron chi connectivity index (χ1n) is 7.02. The Morgan fingerprint density at radius 3 is 2.09 bits per heavy atom. The number of fused-ring (bicyclic) bond motifs is 3. The van der Waals surface area contributed by atoms with Crippen molar-refractivity contribution in [3.05, 3.63) is 105 Å². The van der Waals surface area contributed by atoms with Crippen LogP contribution in [0.1, 0.15) is 11.1 Å². The smallest absolute Gasteiger partial charge is 0 e. The Hall–Kier alpha value is -1.60. The molecule has 0 saturated carbocycles. The van der Waals surface area contributed by atoms with Crippen LogP contribution >= 0.6 is 0 Å². The summed E-state index contributed by atoms with van der Waals surface area (Å²) in [4.78, 5) is 0. The SMILES string of the molecule is [CH3-].[CH3-].[Hf].c1ccc(C[c-]2ccc3ccc4ccccc4c32)cc1. The van der Waals surface area contributed by atoms with Crippen molar-refractivity contribution in [3.63, 3.8) is 0 Å². The predicted octanol–water partition coefficient (Wildman–Crippen LogP) is 6.20. The molecule has 0 N–H and O–H groups in total. The third-order valence-corrected chi connectivity index (χ3v) is 3.98. The van der Waals surface area contributed by atoms with Crippen LogP contribution in [0.3, 0.4) is 0 Å². The molecule has 0 bridgehead atoms. The van der Waals surface area contributed by atoms with E-state index in [4.69, 9.17) is 0 Å². The zero-order valence-corrected chi connectivity index (χ0v) is 17.3. The molecule has 0 amide bonds. The van der Waals surface area contributed by atoms with Gasteiger partial charge in [-0.05, 0) is 6.42 Å². The summed E-state index contributed by atoms with van der Waals surface area (Å²) in [5.41, 5.74) is 2.79. The first-order chi connectivity index (χ1) is 9.92. The summed E-state index contributed by atoms with van der Waals surface area (Å²) in [6.45, 7) is 0. The maximum Gasteiger partial charge on any atom is 0 e. The van der Waals surface area contributed by atoms with Crippen LogP contribution in [0, 0.1) is 14.9 Å². The van der Waals surface area contributed by atoms with Gasteiger partial charge >= 0.3 is 0 Å². The zero-order chi connectivity index (χ0) is 13.4. The number of hydrogen-bond acceptors (Lipinski definition) is 0. The molecule has 0 spiro atoms. The first-order valence-corrected chi connectivity index (χ1v) is 7.02. The summed E-state index contributed by atoms with van der Waals surface area (Å²) in [6.07, 6.45) is 0.998. The molecule has 0 radical (unpaired) electrons. The molecule has 0 saturated heterocycles. The fraction of sp³-hybridized carbons (Fsp3) is 0.0455. The van der Waals surface area contributed by atoms with Gasteiger partial charge in [0, 0.05) is 25.8 Å². The molecule has 0 nitrogen and oxygen atoms in total. The third kappa shape index (κ3) is 3.67. The van der Waals surface area contributed by atoms with Crippen LogP contribution in [0.5, 0.6) is 0 Å². The second-order valence-electron chi connectivity index (χ2n) is 5.27. The molecule has 23 heavy (non-hydrogen) atoms. The van der Waals surface area contributed by atoms with Crippen LogP contribution in [-0.4, -0.2) is 0 Å². The van der Waals surface area contributed by atoms with Crippen molar-refractivity contribution in [1.82, 2.24) is 0 Å². The van der Waals surface area contributed by atoms with E-state index in [9.17, 15) is 0 Å². The maximum atomic E-state index is 2.27. The summed E-state index contributed by atoms with van der Waals surface area (Å²) in [6, 6.07) is 28.3. The molecule has 4 aromatic rings. The average molecular weight is 464 g/mol. The molecule has 0 aliphatic rings. The second-order valence-corrected chi connectivity index (χ2v) is 5.27. The Morgan fingerprint density at radius 1 is 0.652 bits per heavy atom. The molecule has 0 aromatic heterocycles. The topological polar surface area (TPSA) is 0 Å². The van der Waals surface area contributed by atoms with Gasteiger partial charge in [-0.1, -0.05) is 77.0 Å². The Balaban J connectivity index is 0.000000882. The largest absolute Gasteiger partial charge is 0.358 e. The van der Waals surface area contributed by atoms with E-state index in [0.29, 0.717) is 0 Å². The molecule has 0 unspecified atom stereocenters. The summed E-state index contributed by atoms with van der Waals surface area (Å²) in [7, 11) is 0. The monoisotopic (exact) mass is 465 g/mol. The second kappa shape index (κ2) is 8.31. The van der Waals surface area contributed by atoms with Crippen molar-refractivity contribution in [2.24, 2.45) is 0 Å². The van der Waals surface area contributed by atoms with Crippen molar-refractivity contribution < 1.29 is 25.8 Å². The third-order valence-electron chi connectivity index (χ3n) is 3.98. The van der Waals surface area contributed by atoms with Crippen LogP contribution in [0.15, 0.2) is 78.9 Å². The molecule has 0 fully saturated rings. The number of benzene rings is 3. The summed E-state index contributed by atoms with van der Waals surface area (Å²) >= 11 is 0. The van der Waals surface area contributed by atoms with Crippen molar-refractivity contribution in [2.45, 2.75) is 6.42 Å². The van der Waals surface area contributed by atoms with E-state index in [0.717, 1.165) is 6.42 Å². The molecule has 4 aromatic carbocycles. The van der Waals surface area contributed by atoms with E-state index >= 15 is 0 Å². The van der Waals surface area contributed by atoms with Crippen molar-refractivity contribution in [1.29, 1.82) is 0 Å². The Labute approximate surface area is 158 Å². The van der Waals surface area contributed by atoms with Gasteiger partial charge in [-0.15, -0.1) is 28.5 Å². The Kier molecular flexibility index (Phi) is 7.02. The normalized spacial score (nSPS) is 9.74. The van der Waals surface area contributed by atoms with E-state index in [1.807, 2.05) is 0 Å². The van der Waals surface area contributed by atoms with Gasteiger partial charge in [0.15, 0.2) is 0 Å². The van der Waals surface area contributed by atoms with E-state index < -0.39 is 0 Å². The fourth-order valence-corrected chi connectivity index (χ4v) is 3.02. The quantitative estimate of drug-likeness (QED) is 0.245. The number of hydrogen-bond donors (Lipinski definition) is 0. The Morgan fingerprint density at radius 2 is 1.30 bits per heavy atom. The molecule has 0 heterocycles. The first kappa shape index (κ1) is 19.4. The van der Waals surface area contributed by atoms with Gasteiger partial charge in [0.25, 0.3) is 0 Å². The molecule has 4 rings (SSSR count). The van der Waals surface area contributed by atoms with Gasteiger partial charge in [-0.2, -0.15) is 6.07 Å². The molecule has 0 aliphatic heterocycles. The molecule has 0 atom stereocenters. The van der Waals surface area contributed by atoms with Crippen LogP contribution in [0.4, 0.5) is 0 Å². The minimum atomic E-state index is 0. The zero-order valence-electron chi connectivity index (χ0n) is 13.7. The van der Waals surface area contributed by atoms with Gasteiger partial charge in [0.05, 0.1) is 0 Å². The number of rotatable bonds is 2. The van der Waals surface area contributed by atoms with Gasteiger partial charge in [0.1, 0.15) is 0 Å². The summed E-state index contributed by atoms with van der Waals surface area (Å²) < 4.78 is 0. The average Bonchev–Trinajstić information content (AvgIpc) is 2.92. The molecule has 116 valence electrons. The predicted molar refractivity (Wildman–Crippen MR) is 99.1 cm³/mol. The van der Waals surface area contributed by atoms with Gasteiger partial charge in [0.2, 0.25) is 0 Å². The van der Waals surface area contributed by atoms with Crippen molar-refractivity contribution in [3.8, 4) is 0 Å². The van der Waals surface area contributed by atoms with E-state index in [1.54, 1.807) is 0 Å². The maximum absolute atomic E-state index is 2.27. The summed E-state index contributed by atoms with van der Waals surface area (Å²) in [5.74, 6) is 0. The van der Waals surface area contributed by atoms with Crippen LogP contribution in [0.2, 0.25) is 0 Å². The molecule has 1 heteroatoms. The van der Waals surface area contributed by atoms with Crippen molar-refractivity contribution in [2.75, 3.05) is 0 Å². The Bertz CT molecular complexity index is 872. The minimum Gasteiger partial charge on any atom is -0.358 e. The molecular weight excluding hydrogens is 443 g/mol. The van der Waals surface area contributed by atoms with E-state index in [2.05, 4.69) is 78.9 Å². The summed E-state index contributed by atoms with van der Waals surface area (Å²) in [5, 5.41) is 5.43. The van der Waals surface area contributed by atoms with Crippen LogP contribution < -0.4 is 0 Å². The van der Waals surface area contributed by atoms with Crippen LogP contribution in [0.25, 0.3) is 21.5 Å². The molecular formula is C22H21Hf-3. The van der Waals surface area contributed by atoms with E-state index in [1.165, 1.54) is 32.7 Å². The van der Waals surface area contributed by atoms with Gasteiger partial charge < -0.3 is 14.9 Å². The molecule has 0 aliphatic carbocycles. The van der Waals surface area contributed by atoms with Gasteiger partial charge in [-0.3, -0.25) is 0 Å². The fourth-order valence-electron chi connectivity index (χ4n) is 3.02. The minimum absolute atomic E-state index is 0. The van der Waals surface area contributed by atoms with E-state index in [-0.39, 0.29) is 40.7 Å². The van der Waals surface area contributed by atoms with Gasteiger partial charge in [-0.25, -0.2) is 0 Å².